The van der Waals surface area contributed by atoms with Crippen molar-refractivity contribution in [3.8, 4) is 0 Å². The third-order valence-electron chi connectivity index (χ3n) is 3.79. The van der Waals surface area contributed by atoms with E-state index in [0.717, 1.165) is 17.0 Å². The number of pyridine rings is 1. The van der Waals surface area contributed by atoms with Crippen LogP contribution in [0.5, 0.6) is 0 Å². The quantitative estimate of drug-likeness (QED) is 0.803. The minimum atomic E-state index is -0.0584. The van der Waals surface area contributed by atoms with Crippen LogP contribution in [0.3, 0.4) is 0 Å². The highest BCUT2D eigenvalue weighted by Crippen LogP contribution is 2.09. The number of nitrogens with zero attached hydrogens (tertiary/aromatic N) is 3. The van der Waals surface area contributed by atoms with E-state index in [9.17, 15) is 4.79 Å². The average Bonchev–Trinajstić information content (AvgIpc) is 2.93. The highest BCUT2D eigenvalue weighted by molar-refractivity contribution is 5.94. The number of carbonyl (C=O) groups excluding carboxylic acids is 1. The smallest absolute Gasteiger partial charge is 0.251 e. The molecule has 0 fully saturated rings. The van der Waals surface area contributed by atoms with Gasteiger partial charge in [-0.1, -0.05) is 12.1 Å². The summed E-state index contributed by atoms with van der Waals surface area (Å²) in [4.78, 5) is 12.1. The summed E-state index contributed by atoms with van der Waals surface area (Å²) < 4.78 is 1.93. The summed E-state index contributed by atoms with van der Waals surface area (Å²) in [6.07, 6.45) is 2.57. The number of aromatic nitrogens is 3. The number of nitrogens with one attached hydrogen (secondary N) is 1. The van der Waals surface area contributed by atoms with E-state index in [1.807, 2.05) is 60.8 Å². The minimum absolute atomic E-state index is 0.0584. The largest absolute Gasteiger partial charge is 0.352 e. The Morgan fingerprint density at radius 3 is 2.82 bits per heavy atom. The lowest BCUT2D eigenvalue weighted by atomic mass is 10.1. The van der Waals surface area contributed by atoms with Gasteiger partial charge in [0.25, 0.3) is 5.91 Å². The second kappa shape index (κ2) is 5.97. The second-order valence-electron chi connectivity index (χ2n) is 5.35. The Kier molecular flexibility index (Phi) is 3.87. The van der Waals surface area contributed by atoms with Crippen LogP contribution in [0.15, 0.2) is 42.6 Å². The highest BCUT2D eigenvalue weighted by atomic mass is 16.1. The fraction of sp³-hybridized carbons (Fsp3) is 0.235. The molecule has 1 N–H and O–H groups in total. The molecule has 3 aromatic rings. The van der Waals surface area contributed by atoms with Gasteiger partial charge in [-0.15, -0.1) is 10.2 Å². The molecule has 0 radical (unpaired) electrons. The van der Waals surface area contributed by atoms with Gasteiger partial charge in [0.2, 0.25) is 0 Å². The van der Waals surface area contributed by atoms with E-state index in [2.05, 4.69) is 15.5 Å². The van der Waals surface area contributed by atoms with E-state index in [1.165, 1.54) is 5.56 Å². The monoisotopic (exact) mass is 294 g/mol. The fourth-order valence-corrected chi connectivity index (χ4v) is 2.33. The van der Waals surface area contributed by atoms with Crippen LogP contribution in [0.1, 0.15) is 27.3 Å². The molecular weight excluding hydrogens is 276 g/mol. The van der Waals surface area contributed by atoms with E-state index >= 15 is 0 Å². The van der Waals surface area contributed by atoms with Gasteiger partial charge in [-0.25, -0.2) is 0 Å². The van der Waals surface area contributed by atoms with Crippen molar-refractivity contribution >= 4 is 11.6 Å². The predicted molar refractivity (Wildman–Crippen MR) is 84.9 cm³/mol. The van der Waals surface area contributed by atoms with Crippen molar-refractivity contribution in [1.82, 2.24) is 19.9 Å². The number of fused-ring (bicyclic) bond motifs is 1. The highest BCUT2D eigenvalue weighted by Gasteiger charge is 2.08. The molecule has 22 heavy (non-hydrogen) atoms. The Balaban J connectivity index is 1.63. The molecule has 5 heteroatoms. The van der Waals surface area contributed by atoms with Crippen molar-refractivity contribution < 1.29 is 4.79 Å². The summed E-state index contributed by atoms with van der Waals surface area (Å²) >= 11 is 0. The third kappa shape index (κ3) is 2.83. The van der Waals surface area contributed by atoms with Gasteiger partial charge in [0.15, 0.2) is 5.65 Å². The summed E-state index contributed by atoms with van der Waals surface area (Å²) in [7, 11) is 0. The van der Waals surface area contributed by atoms with E-state index in [0.29, 0.717) is 18.5 Å². The second-order valence-corrected chi connectivity index (χ2v) is 5.35. The standard InChI is InChI=1S/C17H18N4O/c1-12-6-7-14(11-13(12)2)17(22)18-9-8-16-20-19-15-5-3-4-10-21(15)16/h3-7,10-11H,8-9H2,1-2H3,(H,18,22). The number of amides is 1. The molecule has 3 rings (SSSR count). The van der Waals surface area contributed by atoms with Gasteiger partial charge in [0.1, 0.15) is 5.82 Å². The van der Waals surface area contributed by atoms with Crippen molar-refractivity contribution in [1.29, 1.82) is 0 Å². The van der Waals surface area contributed by atoms with Crippen molar-refractivity contribution in [2.45, 2.75) is 20.3 Å². The predicted octanol–water partition coefficient (Wildman–Crippen LogP) is 2.32. The number of benzene rings is 1. The molecule has 0 bridgehead atoms. The Hall–Kier alpha value is -2.69. The fourth-order valence-electron chi connectivity index (χ4n) is 2.33. The Morgan fingerprint density at radius 1 is 1.14 bits per heavy atom. The van der Waals surface area contributed by atoms with Gasteiger partial charge < -0.3 is 5.32 Å². The lowest BCUT2D eigenvalue weighted by Crippen LogP contribution is -2.26. The molecule has 2 aromatic heterocycles. The zero-order valence-electron chi connectivity index (χ0n) is 12.7. The molecule has 112 valence electrons. The van der Waals surface area contributed by atoms with Gasteiger partial charge in [-0.2, -0.15) is 0 Å². The molecule has 0 spiro atoms. The lowest BCUT2D eigenvalue weighted by Gasteiger charge is -2.07. The van der Waals surface area contributed by atoms with E-state index < -0.39 is 0 Å². The molecule has 5 nitrogen and oxygen atoms in total. The molecule has 0 aliphatic heterocycles. The Morgan fingerprint density at radius 2 is 2.00 bits per heavy atom. The average molecular weight is 294 g/mol. The molecule has 0 unspecified atom stereocenters. The maximum Gasteiger partial charge on any atom is 0.251 e. The van der Waals surface area contributed by atoms with Crippen LogP contribution in [0.2, 0.25) is 0 Å². The first-order valence-electron chi connectivity index (χ1n) is 7.29. The summed E-state index contributed by atoms with van der Waals surface area (Å²) in [5.41, 5.74) is 3.81. The molecule has 0 atom stereocenters. The van der Waals surface area contributed by atoms with Crippen LogP contribution >= 0.6 is 0 Å². The number of rotatable bonds is 4. The van der Waals surface area contributed by atoms with Gasteiger partial charge in [0.05, 0.1) is 0 Å². The summed E-state index contributed by atoms with van der Waals surface area (Å²) in [5.74, 6) is 0.785. The molecule has 0 saturated heterocycles. The molecule has 0 aliphatic carbocycles. The summed E-state index contributed by atoms with van der Waals surface area (Å²) in [5, 5.41) is 11.2. The van der Waals surface area contributed by atoms with E-state index in [-0.39, 0.29) is 5.91 Å². The number of carbonyl (C=O) groups is 1. The van der Waals surface area contributed by atoms with Gasteiger partial charge in [-0.05, 0) is 49.2 Å². The van der Waals surface area contributed by atoms with Crippen molar-refractivity contribution in [2.75, 3.05) is 6.54 Å². The number of hydrogen-bond acceptors (Lipinski definition) is 3. The first kappa shape index (κ1) is 14.3. The van der Waals surface area contributed by atoms with Crippen LogP contribution in [0.25, 0.3) is 5.65 Å². The molecule has 1 amide bonds. The number of hydrogen-bond donors (Lipinski definition) is 1. The SMILES string of the molecule is Cc1ccc(C(=O)NCCc2nnc3ccccn23)cc1C. The van der Waals surface area contributed by atoms with Crippen LogP contribution in [0, 0.1) is 13.8 Å². The molecule has 0 aliphatic rings. The molecule has 1 aromatic carbocycles. The van der Waals surface area contributed by atoms with Gasteiger partial charge >= 0.3 is 0 Å². The summed E-state index contributed by atoms with van der Waals surface area (Å²) in [6.45, 7) is 4.57. The molecule has 2 heterocycles. The Labute approximate surface area is 129 Å². The zero-order valence-corrected chi connectivity index (χ0v) is 12.7. The zero-order chi connectivity index (χ0) is 15.5. The minimum Gasteiger partial charge on any atom is -0.352 e. The third-order valence-corrected chi connectivity index (χ3v) is 3.79. The van der Waals surface area contributed by atoms with Crippen LogP contribution in [0.4, 0.5) is 0 Å². The van der Waals surface area contributed by atoms with Gasteiger partial charge in [-0.3, -0.25) is 9.20 Å². The van der Waals surface area contributed by atoms with Gasteiger partial charge in [0, 0.05) is 24.7 Å². The molecular formula is C17H18N4O. The molecule has 0 saturated carbocycles. The first-order chi connectivity index (χ1) is 10.6. The van der Waals surface area contributed by atoms with Crippen LogP contribution < -0.4 is 5.32 Å². The van der Waals surface area contributed by atoms with Crippen molar-refractivity contribution in [3.05, 3.63) is 65.1 Å². The first-order valence-corrected chi connectivity index (χ1v) is 7.29. The van der Waals surface area contributed by atoms with E-state index in [1.54, 1.807) is 0 Å². The van der Waals surface area contributed by atoms with Crippen molar-refractivity contribution in [2.24, 2.45) is 0 Å². The lowest BCUT2D eigenvalue weighted by molar-refractivity contribution is 0.0954. The van der Waals surface area contributed by atoms with Crippen LogP contribution in [-0.4, -0.2) is 27.0 Å². The normalized spacial score (nSPS) is 10.8. The maximum absolute atomic E-state index is 12.1. The Bertz CT molecular complexity index is 822. The maximum atomic E-state index is 12.1. The number of aryl methyl sites for hydroxylation is 2. The van der Waals surface area contributed by atoms with Crippen molar-refractivity contribution in [3.63, 3.8) is 0 Å². The van der Waals surface area contributed by atoms with Crippen LogP contribution in [-0.2, 0) is 6.42 Å². The van der Waals surface area contributed by atoms with E-state index in [4.69, 9.17) is 0 Å². The summed E-state index contributed by atoms with van der Waals surface area (Å²) in [6, 6.07) is 11.5. The topological polar surface area (TPSA) is 59.3 Å².